The van der Waals surface area contributed by atoms with Crippen molar-refractivity contribution in [1.29, 1.82) is 0 Å². The van der Waals surface area contributed by atoms with Gasteiger partial charge in [0.2, 0.25) is 5.91 Å². The SMILES string of the molecule is CCC(C)(C(=O)N(C)CC(C)C)C(N)=NO. The predicted molar refractivity (Wildman–Crippen MR) is 64.3 cm³/mol. The molecule has 0 aliphatic rings. The molecule has 1 amide bonds. The summed E-state index contributed by atoms with van der Waals surface area (Å²) in [5.74, 6) is 0.247. The van der Waals surface area contributed by atoms with Gasteiger partial charge in [0, 0.05) is 13.6 Å². The van der Waals surface area contributed by atoms with Gasteiger partial charge >= 0.3 is 0 Å². The average Bonchev–Trinajstić information content (AvgIpc) is 2.24. The largest absolute Gasteiger partial charge is 0.409 e. The van der Waals surface area contributed by atoms with Gasteiger partial charge in [-0.05, 0) is 19.3 Å². The molecule has 1 atom stereocenters. The standard InChI is InChI=1S/C11H23N3O2/c1-6-11(4,9(12)13-16)10(15)14(5)7-8(2)3/h8,16H,6-7H2,1-5H3,(H2,12,13). The average molecular weight is 229 g/mol. The molecule has 0 aliphatic carbocycles. The molecule has 1 unspecified atom stereocenters. The molecule has 0 aliphatic heterocycles. The molecule has 0 rings (SSSR count). The van der Waals surface area contributed by atoms with Crippen molar-refractivity contribution < 1.29 is 10.0 Å². The zero-order valence-electron chi connectivity index (χ0n) is 10.8. The molecule has 0 bridgehead atoms. The van der Waals surface area contributed by atoms with Crippen LogP contribution in [0.4, 0.5) is 0 Å². The molecule has 3 N–H and O–H groups in total. The summed E-state index contributed by atoms with van der Waals surface area (Å²) in [6, 6.07) is 0. The fraction of sp³-hybridized carbons (Fsp3) is 0.818. The maximum atomic E-state index is 12.2. The van der Waals surface area contributed by atoms with Crippen LogP contribution in [0.3, 0.4) is 0 Å². The zero-order valence-corrected chi connectivity index (χ0v) is 10.8. The summed E-state index contributed by atoms with van der Waals surface area (Å²) in [6.07, 6.45) is 0.504. The van der Waals surface area contributed by atoms with Crippen molar-refractivity contribution in [3.05, 3.63) is 0 Å². The first-order valence-electron chi connectivity index (χ1n) is 5.53. The van der Waals surface area contributed by atoms with E-state index in [2.05, 4.69) is 5.16 Å². The van der Waals surface area contributed by atoms with Crippen LogP contribution >= 0.6 is 0 Å². The van der Waals surface area contributed by atoms with Crippen LogP contribution in [-0.2, 0) is 4.79 Å². The fourth-order valence-electron chi connectivity index (χ4n) is 1.60. The lowest BCUT2D eigenvalue weighted by Crippen LogP contribution is -2.49. The fourth-order valence-corrected chi connectivity index (χ4v) is 1.60. The van der Waals surface area contributed by atoms with E-state index in [0.717, 1.165) is 0 Å². The van der Waals surface area contributed by atoms with E-state index in [1.54, 1.807) is 18.9 Å². The predicted octanol–water partition coefficient (Wildman–Crippen LogP) is 1.26. The lowest BCUT2D eigenvalue weighted by Gasteiger charge is -2.31. The van der Waals surface area contributed by atoms with Crippen molar-refractivity contribution >= 4 is 11.7 Å². The minimum Gasteiger partial charge on any atom is -0.409 e. The molecule has 5 nitrogen and oxygen atoms in total. The van der Waals surface area contributed by atoms with Gasteiger partial charge in [0.1, 0.15) is 5.41 Å². The third kappa shape index (κ3) is 3.12. The van der Waals surface area contributed by atoms with Gasteiger partial charge in [-0.15, -0.1) is 0 Å². The van der Waals surface area contributed by atoms with Crippen molar-refractivity contribution in [2.24, 2.45) is 22.2 Å². The number of amides is 1. The van der Waals surface area contributed by atoms with Crippen molar-refractivity contribution in [2.75, 3.05) is 13.6 Å². The molecule has 5 heteroatoms. The highest BCUT2D eigenvalue weighted by Gasteiger charge is 2.38. The van der Waals surface area contributed by atoms with Crippen LogP contribution in [0.5, 0.6) is 0 Å². The van der Waals surface area contributed by atoms with Crippen molar-refractivity contribution in [2.45, 2.75) is 34.1 Å². The molecule has 94 valence electrons. The topological polar surface area (TPSA) is 78.9 Å². The van der Waals surface area contributed by atoms with E-state index in [1.165, 1.54) is 0 Å². The summed E-state index contributed by atoms with van der Waals surface area (Å²) in [6.45, 7) is 8.28. The number of nitrogens with zero attached hydrogens (tertiary/aromatic N) is 2. The Morgan fingerprint density at radius 1 is 1.56 bits per heavy atom. The lowest BCUT2D eigenvalue weighted by atomic mass is 9.84. The van der Waals surface area contributed by atoms with Crippen LogP contribution in [-0.4, -0.2) is 35.4 Å². The monoisotopic (exact) mass is 229 g/mol. The van der Waals surface area contributed by atoms with Gasteiger partial charge in [-0.2, -0.15) is 0 Å². The first kappa shape index (κ1) is 14.7. The van der Waals surface area contributed by atoms with E-state index >= 15 is 0 Å². The number of oxime groups is 1. The highest BCUT2D eigenvalue weighted by atomic mass is 16.4. The Labute approximate surface area is 97.3 Å². The van der Waals surface area contributed by atoms with Crippen molar-refractivity contribution in [3.63, 3.8) is 0 Å². The van der Waals surface area contributed by atoms with E-state index in [0.29, 0.717) is 18.9 Å². The third-order valence-electron chi connectivity index (χ3n) is 2.84. The number of carbonyl (C=O) groups excluding carboxylic acids is 1. The van der Waals surface area contributed by atoms with Crippen LogP contribution in [0.25, 0.3) is 0 Å². The molecule has 0 aromatic carbocycles. The van der Waals surface area contributed by atoms with Crippen LogP contribution in [0.2, 0.25) is 0 Å². The summed E-state index contributed by atoms with van der Waals surface area (Å²) in [4.78, 5) is 13.8. The third-order valence-corrected chi connectivity index (χ3v) is 2.84. The molecule has 0 aromatic rings. The quantitative estimate of drug-likeness (QED) is 0.322. The zero-order chi connectivity index (χ0) is 12.9. The first-order chi connectivity index (χ1) is 7.29. The Morgan fingerprint density at radius 2 is 2.06 bits per heavy atom. The van der Waals surface area contributed by atoms with Crippen molar-refractivity contribution in [1.82, 2.24) is 4.90 Å². The summed E-state index contributed by atoms with van der Waals surface area (Å²) in [7, 11) is 1.74. The highest BCUT2D eigenvalue weighted by molar-refractivity contribution is 6.06. The second-order valence-corrected chi connectivity index (χ2v) is 4.75. The van der Waals surface area contributed by atoms with Crippen LogP contribution in [0, 0.1) is 11.3 Å². The van der Waals surface area contributed by atoms with E-state index in [-0.39, 0.29) is 11.7 Å². The minimum atomic E-state index is -0.918. The van der Waals surface area contributed by atoms with Gasteiger partial charge in [-0.1, -0.05) is 25.9 Å². The molecule has 0 spiro atoms. The smallest absolute Gasteiger partial charge is 0.235 e. The minimum absolute atomic E-state index is 0.0318. The van der Waals surface area contributed by atoms with Crippen LogP contribution in [0.15, 0.2) is 5.16 Å². The molecule has 0 aromatic heterocycles. The summed E-state index contributed by atoms with van der Waals surface area (Å²) in [5.41, 5.74) is 4.67. The Balaban J connectivity index is 4.91. The van der Waals surface area contributed by atoms with Crippen molar-refractivity contribution in [3.8, 4) is 0 Å². The number of nitrogens with two attached hydrogens (primary N) is 1. The molecule has 0 saturated carbocycles. The molecular weight excluding hydrogens is 206 g/mol. The molecule has 0 radical (unpaired) electrons. The van der Waals surface area contributed by atoms with Crippen LogP contribution in [0.1, 0.15) is 34.1 Å². The maximum Gasteiger partial charge on any atom is 0.235 e. The maximum absolute atomic E-state index is 12.2. The number of carbonyl (C=O) groups is 1. The second-order valence-electron chi connectivity index (χ2n) is 4.75. The Hall–Kier alpha value is -1.26. The van der Waals surface area contributed by atoms with E-state index in [4.69, 9.17) is 10.9 Å². The molecular formula is C11H23N3O2. The van der Waals surface area contributed by atoms with Gasteiger partial charge < -0.3 is 15.8 Å². The summed E-state index contributed by atoms with van der Waals surface area (Å²) in [5, 5.41) is 11.7. The molecule has 0 fully saturated rings. The number of hydrogen-bond donors (Lipinski definition) is 2. The van der Waals surface area contributed by atoms with Gasteiger partial charge in [-0.3, -0.25) is 4.79 Å². The Kier molecular flexibility index (Phi) is 5.27. The van der Waals surface area contributed by atoms with Gasteiger partial charge in [0.05, 0.1) is 0 Å². The van der Waals surface area contributed by atoms with E-state index < -0.39 is 5.41 Å². The second kappa shape index (κ2) is 5.72. The number of amidine groups is 1. The number of hydrogen-bond acceptors (Lipinski definition) is 3. The van der Waals surface area contributed by atoms with Crippen LogP contribution < -0.4 is 5.73 Å². The summed E-state index contributed by atoms with van der Waals surface area (Å²) >= 11 is 0. The van der Waals surface area contributed by atoms with E-state index in [1.807, 2.05) is 20.8 Å². The van der Waals surface area contributed by atoms with Gasteiger partial charge in [0.15, 0.2) is 5.84 Å². The molecule has 16 heavy (non-hydrogen) atoms. The van der Waals surface area contributed by atoms with Gasteiger partial charge in [0.25, 0.3) is 0 Å². The first-order valence-corrected chi connectivity index (χ1v) is 5.53. The Morgan fingerprint density at radius 3 is 2.38 bits per heavy atom. The lowest BCUT2D eigenvalue weighted by molar-refractivity contribution is -0.137. The van der Waals surface area contributed by atoms with E-state index in [9.17, 15) is 4.79 Å². The Bertz CT molecular complexity index is 276. The molecule has 0 saturated heterocycles. The molecule has 0 heterocycles. The number of rotatable bonds is 5. The van der Waals surface area contributed by atoms with Gasteiger partial charge in [-0.25, -0.2) is 0 Å². The normalized spacial score (nSPS) is 16.0. The highest BCUT2D eigenvalue weighted by Crippen LogP contribution is 2.24. The summed E-state index contributed by atoms with van der Waals surface area (Å²) < 4.78 is 0.